The highest BCUT2D eigenvalue weighted by atomic mass is 32.1. The number of hydrogen-bond donors (Lipinski definition) is 0. The minimum absolute atomic E-state index is 0.914. The molecule has 0 atom stereocenters. The molecule has 0 saturated carbocycles. The summed E-state index contributed by atoms with van der Waals surface area (Å²) in [6, 6.07) is 49.9. The predicted octanol–water partition coefficient (Wildman–Crippen LogP) is 10.7. The molecule has 0 radical (unpaired) electrons. The summed E-state index contributed by atoms with van der Waals surface area (Å²) in [4.78, 5) is 9.93. The van der Waals surface area contributed by atoms with Crippen LogP contribution in [-0.4, -0.2) is 19.1 Å². The van der Waals surface area contributed by atoms with Crippen LogP contribution in [0.25, 0.3) is 86.7 Å². The SMILES string of the molecule is c1ccc2cc(-n3c4ccccc4c4ccc(-n5c6ccccc6c6ccc(-c7nc8ccccc8s7)cc65)cc43)ncc2c1. The van der Waals surface area contributed by atoms with Crippen molar-refractivity contribution in [2.45, 2.75) is 0 Å². The normalized spacial score (nSPS) is 12.0. The summed E-state index contributed by atoms with van der Waals surface area (Å²) in [7, 11) is 0. The van der Waals surface area contributed by atoms with E-state index < -0.39 is 0 Å². The summed E-state index contributed by atoms with van der Waals surface area (Å²) in [5, 5.41) is 8.24. The summed E-state index contributed by atoms with van der Waals surface area (Å²) in [5.74, 6) is 0.914. The molecule has 0 aliphatic heterocycles. The van der Waals surface area contributed by atoms with E-state index in [0.29, 0.717) is 0 Å². The van der Waals surface area contributed by atoms with E-state index in [1.54, 1.807) is 11.3 Å². The van der Waals surface area contributed by atoms with Crippen LogP contribution in [-0.2, 0) is 0 Å². The lowest BCUT2D eigenvalue weighted by atomic mass is 10.1. The van der Waals surface area contributed by atoms with Gasteiger partial charge in [0.15, 0.2) is 0 Å². The highest BCUT2D eigenvalue weighted by Gasteiger charge is 2.18. The fraction of sp³-hybridized carbons (Fsp3) is 0. The topological polar surface area (TPSA) is 35.6 Å². The number of benzene rings is 6. The number of aromatic nitrogens is 4. The van der Waals surface area contributed by atoms with Gasteiger partial charge in [-0.25, -0.2) is 9.97 Å². The molecule has 210 valence electrons. The minimum atomic E-state index is 0.914. The maximum atomic E-state index is 4.98. The highest BCUT2D eigenvalue weighted by molar-refractivity contribution is 7.21. The third-order valence-corrected chi connectivity index (χ3v) is 10.1. The van der Waals surface area contributed by atoms with Gasteiger partial charge in [-0.05, 0) is 53.9 Å². The Morgan fingerprint density at radius 2 is 1.13 bits per heavy atom. The van der Waals surface area contributed by atoms with Gasteiger partial charge in [0.1, 0.15) is 10.8 Å². The maximum Gasteiger partial charge on any atom is 0.138 e. The molecule has 6 aromatic carbocycles. The molecule has 0 amide bonds. The first-order valence-corrected chi connectivity index (χ1v) is 15.9. The molecule has 0 aliphatic carbocycles. The number of para-hydroxylation sites is 3. The lowest BCUT2D eigenvalue weighted by molar-refractivity contribution is 1.09. The number of pyridine rings is 1. The van der Waals surface area contributed by atoms with Gasteiger partial charge in [-0.15, -0.1) is 11.3 Å². The first kappa shape index (κ1) is 24.6. The number of fused-ring (bicyclic) bond motifs is 8. The van der Waals surface area contributed by atoms with Gasteiger partial charge in [0.05, 0.1) is 32.3 Å². The van der Waals surface area contributed by atoms with Gasteiger partial charge in [0, 0.05) is 44.4 Å². The molecule has 0 spiro atoms. The smallest absolute Gasteiger partial charge is 0.138 e. The van der Waals surface area contributed by atoms with Gasteiger partial charge in [0.2, 0.25) is 0 Å². The van der Waals surface area contributed by atoms with E-state index in [4.69, 9.17) is 9.97 Å². The van der Waals surface area contributed by atoms with Crippen LogP contribution in [0, 0.1) is 0 Å². The summed E-state index contributed by atoms with van der Waals surface area (Å²) < 4.78 is 5.91. The lowest BCUT2D eigenvalue weighted by Crippen LogP contribution is -1.99. The molecule has 10 aromatic rings. The van der Waals surface area contributed by atoms with Crippen molar-refractivity contribution < 1.29 is 0 Å². The van der Waals surface area contributed by atoms with E-state index in [1.165, 1.54) is 42.7 Å². The molecule has 4 heterocycles. The molecule has 0 aliphatic rings. The molecule has 0 unspecified atom stereocenters. The molecule has 45 heavy (non-hydrogen) atoms. The molecule has 4 nitrogen and oxygen atoms in total. The van der Waals surface area contributed by atoms with Crippen LogP contribution in [0.15, 0.2) is 146 Å². The van der Waals surface area contributed by atoms with Crippen molar-refractivity contribution in [3.8, 4) is 22.1 Å². The van der Waals surface area contributed by atoms with Crippen molar-refractivity contribution in [3.05, 3.63) is 146 Å². The molecule has 10 rings (SSSR count). The highest BCUT2D eigenvalue weighted by Crippen LogP contribution is 2.39. The largest absolute Gasteiger partial charge is 0.309 e. The maximum absolute atomic E-state index is 4.98. The zero-order valence-electron chi connectivity index (χ0n) is 24.1. The summed E-state index contributed by atoms with van der Waals surface area (Å²) >= 11 is 1.74. The average molecular weight is 593 g/mol. The number of hydrogen-bond acceptors (Lipinski definition) is 3. The number of nitrogens with zero attached hydrogens (tertiary/aromatic N) is 4. The van der Waals surface area contributed by atoms with Gasteiger partial charge < -0.3 is 4.57 Å². The Labute approximate surface area is 262 Å². The van der Waals surface area contributed by atoms with Gasteiger partial charge in [0.25, 0.3) is 0 Å². The Balaban J connectivity index is 1.25. The second-order valence-corrected chi connectivity index (χ2v) is 12.5. The first-order valence-electron chi connectivity index (χ1n) is 15.1. The van der Waals surface area contributed by atoms with Gasteiger partial charge >= 0.3 is 0 Å². The standard InChI is InChI=1S/C40H24N4S/c1-2-10-27-24-41-39(22-25(27)9-1)44-35-15-7-4-12-30(35)32-20-18-28(23-37(32)44)43-34-14-6-3-11-29(34)31-19-17-26(21-36(31)43)40-42-33-13-5-8-16-38(33)45-40/h1-24H. The van der Waals surface area contributed by atoms with E-state index in [0.717, 1.165) is 44.0 Å². The molecule has 0 bridgehead atoms. The summed E-state index contributed by atoms with van der Waals surface area (Å²) in [6.07, 6.45) is 1.98. The first-order chi connectivity index (χ1) is 22.3. The van der Waals surface area contributed by atoms with Crippen molar-refractivity contribution in [3.63, 3.8) is 0 Å². The molecule has 0 N–H and O–H groups in total. The van der Waals surface area contributed by atoms with Gasteiger partial charge in [-0.2, -0.15) is 0 Å². The van der Waals surface area contributed by atoms with Crippen molar-refractivity contribution in [2.75, 3.05) is 0 Å². The Bertz CT molecular complexity index is 2750. The Hall–Kier alpha value is -5.78. The fourth-order valence-corrected chi connectivity index (χ4v) is 7.88. The van der Waals surface area contributed by atoms with Gasteiger partial charge in [-0.3, -0.25) is 4.57 Å². The molecular formula is C40H24N4S. The van der Waals surface area contributed by atoms with E-state index in [-0.39, 0.29) is 0 Å². The van der Waals surface area contributed by atoms with E-state index in [1.807, 2.05) is 6.20 Å². The van der Waals surface area contributed by atoms with Gasteiger partial charge in [-0.1, -0.05) is 91.0 Å². The van der Waals surface area contributed by atoms with Crippen molar-refractivity contribution in [2.24, 2.45) is 0 Å². The zero-order chi connectivity index (χ0) is 29.5. The summed E-state index contributed by atoms with van der Waals surface area (Å²) in [5.41, 5.74) is 7.90. The molecular weight excluding hydrogens is 569 g/mol. The Morgan fingerprint density at radius 1 is 0.489 bits per heavy atom. The summed E-state index contributed by atoms with van der Waals surface area (Å²) in [6.45, 7) is 0. The number of thiazole rings is 1. The molecule has 5 heteroatoms. The Kier molecular flexibility index (Phi) is 5.12. The third-order valence-electron chi connectivity index (χ3n) is 8.98. The van der Waals surface area contributed by atoms with E-state index in [9.17, 15) is 0 Å². The van der Waals surface area contributed by atoms with Crippen LogP contribution in [0.3, 0.4) is 0 Å². The molecule has 0 fully saturated rings. The van der Waals surface area contributed by atoms with Crippen LogP contribution < -0.4 is 0 Å². The van der Waals surface area contributed by atoms with Crippen LogP contribution in [0.1, 0.15) is 0 Å². The fourth-order valence-electron chi connectivity index (χ4n) is 6.92. The van der Waals surface area contributed by atoms with E-state index >= 15 is 0 Å². The predicted molar refractivity (Wildman–Crippen MR) is 189 cm³/mol. The van der Waals surface area contributed by atoms with E-state index in [2.05, 4.69) is 149 Å². The van der Waals surface area contributed by atoms with Crippen molar-refractivity contribution in [1.29, 1.82) is 0 Å². The second-order valence-electron chi connectivity index (χ2n) is 11.5. The molecule has 0 saturated heterocycles. The second kappa shape index (κ2) is 9.36. The number of rotatable bonds is 3. The lowest BCUT2D eigenvalue weighted by Gasteiger charge is -2.11. The average Bonchev–Trinajstić information content (AvgIpc) is 3.77. The zero-order valence-corrected chi connectivity index (χ0v) is 24.9. The van der Waals surface area contributed by atoms with Crippen molar-refractivity contribution in [1.82, 2.24) is 19.1 Å². The molecule has 4 aromatic heterocycles. The van der Waals surface area contributed by atoms with Crippen LogP contribution >= 0.6 is 11.3 Å². The van der Waals surface area contributed by atoms with Crippen molar-refractivity contribution >= 4 is 75.9 Å². The monoisotopic (exact) mass is 592 g/mol. The Morgan fingerprint density at radius 3 is 1.96 bits per heavy atom. The van der Waals surface area contributed by atoms with Crippen LogP contribution in [0.5, 0.6) is 0 Å². The van der Waals surface area contributed by atoms with Crippen LogP contribution in [0.4, 0.5) is 0 Å². The minimum Gasteiger partial charge on any atom is -0.309 e. The van der Waals surface area contributed by atoms with Crippen LogP contribution in [0.2, 0.25) is 0 Å². The third kappa shape index (κ3) is 3.65. The quantitative estimate of drug-likeness (QED) is 0.205.